The van der Waals surface area contributed by atoms with Crippen LogP contribution in [0.15, 0.2) is 28.9 Å². The number of anilines is 1. The quantitative estimate of drug-likeness (QED) is 0.757. The summed E-state index contributed by atoms with van der Waals surface area (Å²) in [5.74, 6) is -0.0481. The zero-order valence-corrected chi connectivity index (χ0v) is 16.8. The Kier molecular flexibility index (Phi) is 5.16. The first kappa shape index (κ1) is 18.0. The SMILES string of the molecule is Cc1cn(C=C2C(=O)Nc3ccc(Br)cc32)c(C)c1CCCN(C)C. The van der Waals surface area contributed by atoms with Gasteiger partial charge < -0.3 is 14.8 Å². The fourth-order valence-electron chi connectivity index (χ4n) is 3.34. The summed E-state index contributed by atoms with van der Waals surface area (Å²) in [4.78, 5) is 14.6. The molecule has 0 spiro atoms. The molecule has 3 rings (SSSR count). The molecule has 1 aromatic carbocycles. The van der Waals surface area contributed by atoms with Gasteiger partial charge in [-0.2, -0.15) is 0 Å². The highest BCUT2D eigenvalue weighted by Gasteiger charge is 2.24. The van der Waals surface area contributed by atoms with E-state index < -0.39 is 0 Å². The van der Waals surface area contributed by atoms with Crippen molar-refractivity contribution in [1.29, 1.82) is 0 Å². The topological polar surface area (TPSA) is 37.3 Å². The lowest BCUT2D eigenvalue weighted by Crippen LogP contribution is -2.13. The van der Waals surface area contributed by atoms with Gasteiger partial charge in [0.2, 0.25) is 0 Å². The highest BCUT2D eigenvalue weighted by molar-refractivity contribution is 9.10. The number of hydrogen-bond donors (Lipinski definition) is 1. The molecule has 0 atom stereocenters. The van der Waals surface area contributed by atoms with Gasteiger partial charge in [-0.1, -0.05) is 15.9 Å². The summed E-state index contributed by atoms with van der Waals surface area (Å²) in [7, 11) is 4.20. The van der Waals surface area contributed by atoms with Crippen molar-refractivity contribution in [3.8, 4) is 0 Å². The van der Waals surface area contributed by atoms with E-state index >= 15 is 0 Å². The first-order valence-electron chi connectivity index (χ1n) is 8.51. The minimum absolute atomic E-state index is 0.0481. The molecule has 1 aromatic heterocycles. The average molecular weight is 402 g/mol. The fourth-order valence-corrected chi connectivity index (χ4v) is 3.70. The summed E-state index contributed by atoms with van der Waals surface area (Å²) in [6.07, 6.45) is 6.26. The Morgan fingerprint density at radius 2 is 2.04 bits per heavy atom. The van der Waals surface area contributed by atoms with Gasteiger partial charge in [0.1, 0.15) is 0 Å². The molecule has 1 amide bonds. The van der Waals surface area contributed by atoms with Gasteiger partial charge in [0.25, 0.3) is 5.91 Å². The number of fused-ring (bicyclic) bond motifs is 1. The van der Waals surface area contributed by atoms with Crippen molar-refractivity contribution >= 4 is 39.3 Å². The van der Waals surface area contributed by atoms with Crippen molar-refractivity contribution in [1.82, 2.24) is 9.47 Å². The third-order valence-corrected chi connectivity index (χ3v) is 5.19. The van der Waals surface area contributed by atoms with Crippen LogP contribution in [-0.2, 0) is 11.2 Å². The number of aromatic nitrogens is 1. The molecule has 1 aliphatic rings. The van der Waals surface area contributed by atoms with Gasteiger partial charge in [0.15, 0.2) is 0 Å². The van der Waals surface area contributed by atoms with Gasteiger partial charge in [-0.15, -0.1) is 0 Å². The molecule has 0 radical (unpaired) electrons. The molecule has 0 bridgehead atoms. The lowest BCUT2D eigenvalue weighted by atomic mass is 10.1. The lowest BCUT2D eigenvalue weighted by Gasteiger charge is -2.09. The number of benzene rings is 1. The molecular formula is C20H24BrN3O. The van der Waals surface area contributed by atoms with Crippen molar-refractivity contribution in [2.45, 2.75) is 26.7 Å². The number of carbonyl (C=O) groups is 1. The van der Waals surface area contributed by atoms with E-state index in [1.807, 2.05) is 24.4 Å². The van der Waals surface area contributed by atoms with Crippen molar-refractivity contribution in [2.24, 2.45) is 0 Å². The van der Waals surface area contributed by atoms with Gasteiger partial charge in [-0.05, 0) is 76.7 Å². The predicted octanol–water partition coefficient (Wildman–Crippen LogP) is 4.31. The Morgan fingerprint density at radius 1 is 1.28 bits per heavy atom. The van der Waals surface area contributed by atoms with Crippen molar-refractivity contribution in [3.63, 3.8) is 0 Å². The molecule has 0 fully saturated rings. The molecule has 0 saturated heterocycles. The first-order chi connectivity index (χ1) is 11.9. The lowest BCUT2D eigenvalue weighted by molar-refractivity contribution is -0.110. The van der Waals surface area contributed by atoms with Gasteiger partial charge in [0, 0.05) is 33.8 Å². The number of rotatable bonds is 5. The maximum absolute atomic E-state index is 12.4. The number of amides is 1. The monoisotopic (exact) mass is 401 g/mol. The molecule has 2 aromatic rings. The minimum atomic E-state index is -0.0481. The van der Waals surface area contributed by atoms with E-state index in [0.717, 1.165) is 35.1 Å². The highest BCUT2D eigenvalue weighted by Crippen LogP contribution is 2.34. The molecule has 4 nitrogen and oxygen atoms in total. The van der Waals surface area contributed by atoms with Crippen LogP contribution >= 0.6 is 15.9 Å². The van der Waals surface area contributed by atoms with Crippen LogP contribution in [0.2, 0.25) is 0 Å². The van der Waals surface area contributed by atoms with Crippen molar-refractivity contribution in [2.75, 3.05) is 26.0 Å². The van der Waals surface area contributed by atoms with E-state index in [-0.39, 0.29) is 5.91 Å². The second-order valence-corrected chi connectivity index (χ2v) is 7.79. The first-order valence-corrected chi connectivity index (χ1v) is 9.31. The Balaban J connectivity index is 1.92. The average Bonchev–Trinajstić information content (AvgIpc) is 2.98. The summed E-state index contributed by atoms with van der Waals surface area (Å²) < 4.78 is 3.06. The number of nitrogens with zero attached hydrogens (tertiary/aromatic N) is 2. The summed E-state index contributed by atoms with van der Waals surface area (Å²) in [6.45, 7) is 5.35. The van der Waals surface area contributed by atoms with E-state index in [1.165, 1.54) is 16.8 Å². The Morgan fingerprint density at radius 3 is 2.76 bits per heavy atom. The zero-order chi connectivity index (χ0) is 18.1. The van der Waals surface area contributed by atoms with Crippen LogP contribution in [0.25, 0.3) is 11.8 Å². The van der Waals surface area contributed by atoms with Gasteiger partial charge in [-0.25, -0.2) is 0 Å². The van der Waals surface area contributed by atoms with Crippen molar-refractivity contribution in [3.05, 3.63) is 51.3 Å². The number of aryl methyl sites for hydroxylation is 1. The van der Waals surface area contributed by atoms with Crippen LogP contribution in [-0.4, -0.2) is 36.0 Å². The molecular weight excluding hydrogens is 378 g/mol. The van der Waals surface area contributed by atoms with Gasteiger partial charge in [0.05, 0.1) is 5.57 Å². The molecule has 1 aliphatic heterocycles. The molecule has 132 valence electrons. The van der Waals surface area contributed by atoms with Gasteiger partial charge in [-0.3, -0.25) is 4.79 Å². The summed E-state index contributed by atoms with van der Waals surface area (Å²) in [5.41, 5.74) is 6.38. The van der Waals surface area contributed by atoms with Crippen LogP contribution in [0.5, 0.6) is 0 Å². The summed E-state index contributed by atoms with van der Waals surface area (Å²) in [5, 5.41) is 2.94. The number of carbonyl (C=O) groups excluding carboxylic acids is 1. The molecule has 25 heavy (non-hydrogen) atoms. The smallest absolute Gasteiger partial charge is 0.257 e. The zero-order valence-electron chi connectivity index (χ0n) is 15.2. The normalized spacial score (nSPS) is 15.1. The highest BCUT2D eigenvalue weighted by atomic mass is 79.9. The van der Waals surface area contributed by atoms with Crippen LogP contribution in [0.3, 0.4) is 0 Å². The van der Waals surface area contributed by atoms with E-state index in [1.54, 1.807) is 0 Å². The van der Waals surface area contributed by atoms with Crippen LogP contribution < -0.4 is 5.32 Å². The van der Waals surface area contributed by atoms with Crippen LogP contribution in [0.4, 0.5) is 5.69 Å². The Labute approximate surface area is 157 Å². The fraction of sp³-hybridized carbons (Fsp3) is 0.350. The van der Waals surface area contributed by atoms with E-state index in [2.05, 4.69) is 64.9 Å². The molecule has 2 heterocycles. The number of hydrogen-bond acceptors (Lipinski definition) is 2. The second kappa shape index (κ2) is 7.18. The predicted molar refractivity (Wildman–Crippen MR) is 108 cm³/mol. The third kappa shape index (κ3) is 3.72. The summed E-state index contributed by atoms with van der Waals surface area (Å²) >= 11 is 3.49. The van der Waals surface area contributed by atoms with E-state index in [0.29, 0.717) is 5.57 Å². The second-order valence-electron chi connectivity index (χ2n) is 6.88. The summed E-state index contributed by atoms with van der Waals surface area (Å²) in [6, 6.07) is 5.86. The minimum Gasteiger partial charge on any atom is -0.327 e. The van der Waals surface area contributed by atoms with E-state index in [9.17, 15) is 4.79 Å². The van der Waals surface area contributed by atoms with Crippen LogP contribution in [0.1, 0.15) is 28.8 Å². The van der Waals surface area contributed by atoms with Crippen molar-refractivity contribution < 1.29 is 4.79 Å². The van der Waals surface area contributed by atoms with E-state index in [4.69, 9.17) is 0 Å². The molecule has 0 saturated carbocycles. The molecule has 0 unspecified atom stereocenters. The number of halogens is 1. The maximum atomic E-state index is 12.4. The largest absolute Gasteiger partial charge is 0.327 e. The molecule has 1 N–H and O–H groups in total. The number of nitrogens with one attached hydrogen (secondary N) is 1. The maximum Gasteiger partial charge on any atom is 0.257 e. The standard InChI is InChI=1S/C20H24BrN3O/c1-13-11-24(14(2)16(13)6-5-9-23(3)4)12-18-17-10-15(21)7-8-19(17)22-20(18)25/h7-8,10-12H,5-6,9H2,1-4H3,(H,22,25). The van der Waals surface area contributed by atoms with Gasteiger partial charge >= 0.3 is 0 Å². The Bertz CT molecular complexity index is 849. The molecule has 0 aliphatic carbocycles. The third-order valence-electron chi connectivity index (χ3n) is 4.70. The molecule has 5 heteroatoms. The Hall–Kier alpha value is -1.85. The van der Waals surface area contributed by atoms with Crippen LogP contribution in [0, 0.1) is 13.8 Å².